The maximum Gasteiger partial charge on any atom is 0.262 e. The van der Waals surface area contributed by atoms with Crippen LogP contribution in [0.15, 0.2) is 51.0 Å². The largest absolute Gasteiger partial charge is 0.467 e. The molecule has 0 radical (unpaired) electrons. The Kier molecular flexibility index (Phi) is 5.38. The van der Waals surface area contributed by atoms with Crippen LogP contribution in [0.3, 0.4) is 0 Å². The summed E-state index contributed by atoms with van der Waals surface area (Å²) in [5.41, 5.74) is 0.306. The van der Waals surface area contributed by atoms with E-state index in [-0.39, 0.29) is 18.0 Å². The van der Waals surface area contributed by atoms with Crippen LogP contribution in [0.5, 0.6) is 0 Å². The van der Waals surface area contributed by atoms with Gasteiger partial charge in [-0.2, -0.15) is 0 Å². The maximum atomic E-state index is 13.0. The van der Waals surface area contributed by atoms with E-state index in [0.29, 0.717) is 26.8 Å². The number of rotatable bonds is 5. The molecule has 0 fully saturated rings. The number of halogens is 1. The second-order valence-electron chi connectivity index (χ2n) is 6.02. The molecule has 1 aromatic carbocycles. The second kappa shape index (κ2) is 7.55. The van der Waals surface area contributed by atoms with Crippen molar-refractivity contribution in [3.05, 3.63) is 57.7 Å². The Bertz CT molecular complexity index is 999. The lowest BCUT2D eigenvalue weighted by Gasteiger charge is -2.18. The van der Waals surface area contributed by atoms with E-state index in [1.165, 1.54) is 21.2 Å². The summed E-state index contributed by atoms with van der Waals surface area (Å²) in [4.78, 5) is 31.3. The third-order valence-electron chi connectivity index (χ3n) is 3.85. The van der Waals surface area contributed by atoms with Crippen LogP contribution in [0.1, 0.15) is 12.7 Å². The van der Waals surface area contributed by atoms with Crippen molar-refractivity contribution in [1.82, 2.24) is 14.5 Å². The molecule has 0 saturated carbocycles. The van der Waals surface area contributed by atoms with E-state index < -0.39 is 5.25 Å². The smallest absolute Gasteiger partial charge is 0.262 e. The highest BCUT2D eigenvalue weighted by Crippen LogP contribution is 2.25. The van der Waals surface area contributed by atoms with E-state index >= 15 is 0 Å². The van der Waals surface area contributed by atoms with E-state index in [1.54, 1.807) is 57.6 Å². The van der Waals surface area contributed by atoms with E-state index in [9.17, 15) is 9.59 Å². The van der Waals surface area contributed by atoms with Crippen LogP contribution in [-0.4, -0.2) is 39.7 Å². The number of benzene rings is 1. The molecule has 0 saturated heterocycles. The Labute approximate surface area is 159 Å². The van der Waals surface area contributed by atoms with E-state index in [1.807, 2.05) is 0 Å². The summed E-state index contributed by atoms with van der Waals surface area (Å²) >= 11 is 7.28. The minimum absolute atomic E-state index is 0.0556. The molecule has 26 heavy (non-hydrogen) atoms. The minimum Gasteiger partial charge on any atom is -0.467 e. The number of furan rings is 1. The lowest BCUT2D eigenvalue weighted by molar-refractivity contribution is -0.127. The van der Waals surface area contributed by atoms with Crippen molar-refractivity contribution in [3.8, 4) is 0 Å². The summed E-state index contributed by atoms with van der Waals surface area (Å²) in [6, 6.07) is 8.53. The van der Waals surface area contributed by atoms with Crippen molar-refractivity contribution in [2.75, 3.05) is 14.1 Å². The van der Waals surface area contributed by atoms with Crippen LogP contribution in [0.25, 0.3) is 10.9 Å². The number of carbonyl (C=O) groups is 1. The molecule has 2 heterocycles. The van der Waals surface area contributed by atoms with Gasteiger partial charge in [-0.15, -0.1) is 0 Å². The van der Waals surface area contributed by atoms with Gasteiger partial charge in [0, 0.05) is 19.1 Å². The van der Waals surface area contributed by atoms with Gasteiger partial charge < -0.3 is 9.32 Å². The number of hydrogen-bond donors (Lipinski definition) is 0. The van der Waals surface area contributed by atoms with Crippen molar-refractivity contribution in [3.63, 3.8) is 0 Å². The Morgan fingerprint density at radius 1 is 1.38 bits per heavy atom. The lowest BCUT2D eigenvalue weighted by Crippen LogP contribution is -2.31. The highest BCUT2D eigenvalue weighted by Gasteiger charge is 2.21. The van der Waals surface area contributed by atoms with Crippen LogP contribution in [0.2, 0.25) is 5.02 Å². The van der Waals surface area contributed by atoms with E-state index in [4.69, 9.17) is 16.0 Å². The predicted octanol–water partition coefficient (Wildman–Crippen LogP) is 3.26. The quantitative estimate of drug-likeness (QED) is 0.493. The lowest BCUT2D eigenvalue weighted by atomic mass is 10.2. The van der Waals surface area contributed by atoms with Gasteiger partial charge in [0.05, 0.1) is 29.0 Å². The third kappa shape index (κ3) is 3.78. The highest BCUT2D eigenvalue weighted by molar-refractivity contribution is 8.00. The summed E-state index contributed by atoms with van der Waals surface area (Å²) in [5, 5.41) is 1.03. The summed E-state index contributed by atoms with van der Waals surface area (Å²) in [5.74, 6) is 0.579. The Morgan fingerprint density at radius 2 is 2.15 bits per heavy atom. The average Bonchev–Trinajstić information content (AvgIpc) is 3.10. The molecule has 0 aliphatic carbocycles. The zero-order valence-corrected chi connectivity index (χ0v) is 16.2. The number of fused-ring (bicyclic) bond motifs is 1. The Morgan fingerprint density at radius 3 is 2.81 bits per heavy atom. The molecule has 3 rings (SSSR count). The van der Waals surface area contributed by atoms with Crippen LogP contribution in [0.4, 0.5) is 0 Å². The molecule has 3 aromatic rings. The van der Waals surface area contributed by atoms with Crippen molar-refractivity contribution >= 4 is 40.2 Å². The highest BCUT2D eigenvalue weighted by atomic mass is 35.5. The van der Waals surface area contributed by atoms with Crippen molar-refractivity contribution in [2.24, 2.45) is 0 Å². The van der Waals surface area contributed by atoms with Crippen LogP contribution >= 0.6 is 23.4 Å². The molecule has 0 unspecified atom stereocenters. The molecule has 0 aliphatic rings. The zero-order valence-electron chi connectivity index (χ0n) is 14.6. The first-order chi connectivity index (χ1) is 12.4. The monoisotopic (exact) mass is 391 g/mol. The van der Waals surface area contributed by atoms with Gasteiger partial charge in [-0.1, -0.05) is 23.4 Å². The van der Waals surface area contributed by atoms with Gasteiger partial charge in [-0.05, 0) is 37.3 Å². The molecule has 136 valence electrons. The molecule has 1 atom stereocenters. The number of nitrogens with zero attached hydrogens (tertiary/aromatic N) is 3. The molecular weight excluding hydrogens is 374 g/mol. The Hall–Kier alpha value is -2.25. The van der Waals surface area contributed by atoms with Gasteiger partial charge in [0.2, 0.25) is 5.91 Å². The molecule has 0 N–H and O–H groups in total. The SMILES string of the molecule is C[C@H](Sc1nc2cc(Cl)ccc2c(=O)n1Cc1ccco1)C(=O)N(C)C. The summed E-state index contributed by atoms with van der Waals surface area (Å²) in [7, 11) is 3.39. The fourth-order valence-corrected chi connectivity index (χ4v) is 3.75. The van der Waals surface area contributed by atoms with Crippen LogP contribution in [0, 0.1) is 0 Å². The average molecular weight is 392 g/mol. The van der Waals surface area contributed by atoms with Gasteiger partial charge >= 0.3 is 0 Å². The predicted molar refractivity (Wildman–Crippen MR) is 103 cm³/mol. The number of aromatic nitrogens is 2. The van der Waals surface area contributed by atoms with Gasteiger partial charge in [0.25, 0.3) is 5.56 Å². The van der Waals surface area contributed by atoms with Crippen molar-refractivity contribution in [1.29, 1.82) is 0 Å². The van der Waals surface area contributed by atoms with Crippen LogP contribution in [-0.2, 0) is 11.3 Å². The van der Waals surface area contributed by atoms with E-state index in [2.05, 4.69) is 4.98 Å². The first-order valence-electron chi connectivity index (χ1n) is 7.97. The normalized spacial score (nSPS) is 12.3. The maximum absolute atomic E-state index is 13.0. The third-order valence-corrected chi connectivity index (χ3v) is 5.16. The molecule has 8 heteroatoms. The number of thioether (sulfide) groups is 1. The van der Waals surface area contributed by atoms with Gasteiger partial charge in [0.15, 0.2) is 5.16 Å². The molecular formula is C18H18ClN3O3S. The van der Waals surface area contributed by atoms with Crippen LogP contribution < -0.4 is 5.56 Å². The fraction of sp³-hybridized carbons (Fsp3) is 0.278. The summed E-state index contributed by atoms with van der Waals surface area (Å²) < 4.78 is 6.90. The van der Waals surface area contributed by atoms with Gasteiger partial charge in [-0.25, -0.2) is 4.98 Å². The standard InChI is InChI=1S/C18H18ClN3O3S/c1-11(16(23)21(2)3)26-18-20-15-9-12(19)6-7-14(15)17(24)22(18)10-13-5-4-8-25-13/h4-9,11H,10H2,1-3H3/t11-/m0/s1. The first-order valence-corrected chi connectivity index (χ1v) is 9.23. The summed E-state index contributed by atoms with van der Waals surface area (Å²) in [6.45, 7) is 2.03. The van der Waals surface area contributed by atoms with Gasteiger partial charge in [-0.3, -0.25) is 14.2 Å². The molecule has 6 nitrogen and oxygen atoms in total. The molecule has 1 amide bonds. The fourth-order valence-electron chi connectivity index (χ4n) is 2.53. The number of carbonyl (C=O) groups excluding carboxylic acids is 1. The zero-order chi connectivity index (χ0) is 18.8. The molecule has 0 spiro atoms. The molecule has 0 aliphatic heterocycles. The second-order valence-corrected chi connectivity index (χ2v) is 7.76. The van der Waals surface area contributed by atoms with Gasteiger partial charge in [0.1, 0.15) is 5.76 Å². The number of hydrogen-bond acceptors (Lipinski definition) is 5. The Balaban J connectivity index is 2.11. The van der Waals surface area contributed by atoms with E-state index in [0.717, 1.165) is 0 Å². The van der Waals surface area contributed by atoms with Crippen molar-refractivity contribution in [2.45, 2.75) is 23.9 Å². The number of amides is 1. The first kappa shape index (κ1) is 18.5. The summed E-state index contributed by atoms with van der Waals surface area (Å²) in [6.07, 6.45) is 1.56. The molecule has 0 bridgehead atoms. The van der Waals surface area contributed by atoms with Crippen molar-refractivity contribution < 1.29 is 9.21 Å². The topological polar surface area (TPSA) is 68.3 Å². The minimum atomic E-state index is -0.392. The molecule has 2 aromatic heterocycles.